The molecule has 1 fully saturated rings. The van der Waals surface area contributed by atoms with Crippen LogP contribution in [0.15, 0.2) is 24.3 Å². The van der Waals surface area contributed by atoms with Crippen molar-refractivity contribution in [1.82, 2.24) is 10.6 Å². The zero-order valence-electron chi connectivity index (χ0n) is 11.3. The Balaban J connectivity index is 1.74. The van der Waals surface area contributed by atoms with Crippen LogP contribution in [-0.4, -0.2) is 43.0 Å². The number of ether oxygens (including phenoxy) is 1. The van der Waals surface area contributed by atoms with Gasteiger partial charge in [0.15, 0.2) is 0 Å². The molecular formula is C14H18N2O3S. The van der Waals surface area contributed by atoms with E-state index in [9.17, 15) is 9.59 Å². The topological polar surface area (TPSA) is 67.4 Å². The van der Waals surface area contributed by atoms with E-state index in [1.165, 1.54) is 11.8 Å². The summed E-state index contributed by atoms with van der Waals surface area (Å²) >= 11 is 1.49. The Morgan fingerprint density at radius 2 is 2.20 bits per heavy atom. The summed E-state index contributed by atoms with van der Waals surface area (Å²) < 4.78 is 5.09. The molecule has 1 heterocycles. The molecule has 0 aromatic heterocycles. The number of benzene rings is 1. The Morgan fingerprint density at radius 1 is 1.45 bits per heavy atom. The lowest BCUT2D eigenvalue weighted by Gasteiger charge is -2.22. The van der Waals surface area contributed by atoms with Gasteiger partial charge in [-0.05, 0) is 24.1 Å². The predicted molar refractivity (Wildman–Crippen MR) is 79.0 cm³/mol. The van der Waals surface area contributed by atoms with Gasteiger partial charge in [-0.25, -0.2) is 0 Å². The molecule has 2 N–H and O–H groups in total. The number of amides is 2. The lowest BCUT2D eigenvalue weighted by molar-refractivity contribution is -0.127. The Hall–Kier alpha value is -1.69. The van der Waals surface area contributed by atoms with Crippen molar-refractivity contribution in [2.75, 3.05) is 25.2 Å². The average molecular weight is 294 g/mol. The number of methoxy groups -OCH3 is 1. The van der Waals surface area contributed by atoms with E-state index in [0.29, 0.717) is 18.1 Å². The molecule has 108 valence electrons. The first-order chi connectivity index (χ1) is 9.69. The van der Waals surface area contributed by atoms with E-state index in [4.69, 9.17) is 4.74 Å². The van der Waals surface area contributed by atoms with Crippen LogP contribution < -0.4 is 15.4 Å². The second-order valence-corrected chi connectivity index (χ2v) is 5.55. The number of carbonyl (C=O) groups is 2. The minimum Gasteiger partial charge on any atom is -0.497 e. The van der Waals surface area contributed by atoms with Crippen LogP contribution in [0.25, 0.3) is 0 Å². The maximum absolute atomic E-state index is 11.9. The lowest BCUT2D eigenvalue weighted by atomic mass is 10.1. The highest BCUT2D eigenvalue weighted by atomic mass is 32.2. The van der Waals surface area contributed by atoms with E-state index in [2.05, 4.69) is 10.6 Å². The van der Waals surface area contributed by atoms with Crippen molar-refractivity contribution in [2.24, 2.45) is 0 Å². The Bertz CT molecular complexity index is 476. The SMILES string of the molecule is COc1ccc(CCNC(=O)C2CSCC(=O)N2)cc1. The van der Waals surface area contributed by atoms with Gasteiger partial charge in [0.2, 0.25) is 11.8 Å². The predicted octanol–water partition coefficient (Wildman–Crippen LogP) is 0.585. The summed E-state index contributed by atoms with van der Waals surface area (Å²) in [6, 6.07) is 7.34. The Morgan fingerprint density at radius 3 is 2.85 bits per heavy atom. The number of nitrogens with one attached hydrogen (secondary N) is 2. The highest BCUT2D eigenvalue weighted by Crippen LogP contribution is 2.11. The first-order valence-corrected chi connectivity index (χ1v) is 7.62. The van der Waals surface area contributed by atoms with Crippen LogP contribution in [-0.2, 0) is 16.0 Å². The van der Waals surface area contributed by atoms with Crippen LogP contribution in [0.4, 0.5) is 0 Å². The number of rotatable bonds is 5. The van der Waals surface area contributed by atoms with Crippen molar-refractivity contribution in [3.63, 3.8) is 0 Å². The molecule has 1 unspecified atom stereocenters. The van der Waals surface area contributed by atoms with Crippen molar-refractivity contribution in [1.29, 1.82) is 0 Å². The molecule has 5 nitrogen and oxygen atoms in total. The lowest BCUT2D eigenvalue weighted by Crippen LogP contribution is -2.51. The fourth-order valence-corrected chi connectivity index (χ4v) is 2.79. The third-order valence-electron chi connectivity index (χ3n) is 3.04. The van der Waals surface area contributed by atoms with Gasteiger partial charge in [0, 0.05) is 12.3 Å². The fourth-order valence-electron chi connectivity index (χ4n) is 1.93. The summed E-state index contributed by atoms with van der Waals surface area (Å²) in [6.45, 7) is 0.558. The van der Waals surface area contributed by atoms with E-state index < -0.39 is 6.04 Å². The van der Waals surface area contributed by atoms with Crippen LogP contribution in [0.5, 0.6) is 5.75 Å². The maximum atomic E-state index is 11.9. The Kier molecular flexibility index (Phi) is 5.29. The molecule has 6 heteroatoms. The van der Waals surface area contributed by atoms with Gasteiger partial charge in [0.05, 0.1) is 12.9 Å². The number of thioether (sulfide) groups is 1. The van der Waals surface area contributed by atoms with Crippen LogP contribution in [0.2, 0.25) is 0 Å². The van der Waals surface area contributed by atoms with Crippen molar-refractivity contribution >= 4 is 23.6 Å². The zero-order chi connectivity index (χ0) is 14.4. The highest BCUT2D eigenvalue weighted by molar-refractivity contribution is 8.00. The van der Waals surface area contributed by atoms with Crippen molar-refractivity contribution in [3.05, 3.63) is 29.8 Å². The molecule has 1 aliphatic rings. The molecule has 0 spiro atoms. The van der Waals surface area contributed by atoms with Crippen molar-refractivity contribution in [3.8, 4) is 5.75 Å². The molecule has 0 aliphatic carbocycles. The molecule has 2 rings (SSSR count). The largest absolute Gasteiger partial charge is 0.497 e. The van der Waals surface area contributed by atoms with E-state index >= 15 is 0 Å². The number of carbonyl (C=O) groups excluding carboxylic acids is 2. The van der Waals surface area contributed by atoms with Crippen LogP contribution >= 0.6 is 11.8 Å². The van der Waals surface area contributed by atoms with E-state index in [1.807, 2.05) is 24.3 Å². The first-order valence-electron chi connectivity index (χ1n) is 6.47. The molecule has 1 aromatic carbocycles. The summed E-state index contributed by atoms with van der Waals surface area (Å²) in [5.41, 5.74) is 1.13. The molecule has 1 atom stereocenters. The number of hydrogen-bond acceptors (Lipinski definition) is 4. The Labute approximate surface area is 122 Å². The third kappa shape index (κ3) is 4.16. The van der Waals surface area contributed by atoms with Gasteiger partial charge in [-0.1, -0.05) is 12.1 Å². The van der Waals surface area contributed by atoms with Gasteiger partial charge in [-0.15, -0.1) is 11.8 Å². The van der Waals surface area contributed by atoms with Gasteiger partial charge in [-0.2, -0.15) is 0 Å². The fraction of sp³-hybridized carbons (Fsp3) is 0.429. The van der Waals surface area contributed by atoms with Gasteiger partial charge < -0.3 is 15.4 Å². The van der Waals surface area contributed by atoms with Gasteiger partial charge in [0.1, 0.15) is 11.8 Å². The van der Waals surface area contributed by atoms with Gasteiger partial charge in [0.25, 0.3) is 0 Å². The van der Waals surface area contributed by atoms with Crippen LogP contribution in [0, 0.1) is 0 Å². The summed E-state index contributed by atoms with van der Waals surface area (Å²) in [6.07, 6.45) is 0.754. The molecule has 1 aromatic rings. The second-order valence-electron chi connectivity index (χ2n) is 4.52. The molecule has 0 bridgehead atoms. The minimum atomic E-state index is -0.405. The van der Waals surface area contributed by atoms with E-state index in [-0.39, 0.29) is 11.8 Å². The second kappa shape index (κ2) is 7.19. The van der Waals surface area contributed by atoms with Crippen molar-refractivity contribution < 1.29 is 14.3 Å². The normalized spacial score (nSPS) is 18.2. The highest BCUT2D eigenvalue weighted by Gasteiger charge is 2.24. The quantitative estimate of drug-likeness (QED) is 0.834. The average Bonchev–Trinajstić information content (AvgIpc) is 2.48. The third-order valence-corrected chi connectivity index (χ3v) is 4.08. The molecular weight excluding hydrogens is 276 g/mol. The van der Waals surface area contributed by atoms with Gasteiger partial charge >= 0.3 is 0 Å². The molecule has 1 saturated heterocycles. The smallest absolute Gasteiger partial charge is 0.243 e. The molecule has 0 radical (unpaired) electrons. The van der Waals surface area contributed by atoms with E-state index in [0.717, 1.165) is 17.7 Å². The van der Waals surface area contributed by atoms with Gasteiger partial charge in [-0.3, -0.25) is 9.59 Å². The number of hydrogen-bond donors (Lipinski definition) is 2. The first kappa shape index (κ1) is 14.7. The standard InChI is InChI=1S/C14H18N2O3S/c1-19-11-4-2-10(3-5-11)6-7-15-14(18)12-8-20-9-13(17)16-12/h2-5,12H,6-9H2,1H3,(H,15,18)(H,16,17). The maximum Gasteiger partial charge on any atom is 0.243 e. The minimum absolute atomic E-state index is 0.0726. The summed E-state index contributed by atoms with van der Waals surface area (Å²) in [5.74, 6) is 1.71. The monoisotopic (exact) mass is 294 g/mol. The molecule has 1 aliphatic heterocycles. The summed E-state index contributed by atoms with van der Waals surface area (Å²) in [7, 11) is 1.63. The molecule has 2 amide bonds. The summed E-state index contributed by atoms with van der Waals surface area (Å²) in [5, 5.41) is 5.54. The van der Waals surface area contributed by atoms with E-state index in [1.54, 1.807) is 7.11 Å². The van der Waals surface area contributed by atoms with Crippen LogP contribution in [0.1, 0.15) is 5.56 Å². The molecule has 20 heavy (non-hydrogen) atoms. The zero-order valence-corrected chi connectivity index (χ0v) is 12.2. The molecule has 0 saturated carbocycles. The summed E-state index contributed by atoms with van der Waals surface area (Å²) in [4.78, 5) is 23.1. The van der Waals surface area contributed by atoms with Crippen molar-refractivity contribution in [2.45, 2.75) is 12.5 Å². The van der Waals surface area contributed by atoms with Crippen LogP contribution in [0.3, 0.4) is 0 Å².